The highest BCUT2D eigenvalue weighted by Gasteiger charge is 2.32. The molecule has 12 nitrogen and oxygen atoms in total. The van der Waals surface area contributed by atoms with Crippen LogP contribution in [0.25, 0.3) is 10.2 Å². The standard InChI is InChI=1S/C41H44N4O8S/c1-3-38(46)51-26-9-5-4-8-25-50-32-17-19-33(20-18-32)52-39(47)29-13-15-30(16-14-29)40(48)53-34-21-22-36(49-2)31(27-34)28-43-45(24-10-23-42)41-44-35-11-6-7-12-37(35)54-41/h3,6-7,11-12,17-22,27-30H,1,4-5,8-10,13-16,24-26H2,2H3/b43-28+. The molecule has 1 fully saturated rings. The Morgan fingerprint density at radius 3 is 2.22 bits per heavy atom. The molecule has 1 aliphatic rings. The second-order valence-electron chi connectivity index (χ2n) is 12.6. The minimum atomic E-state index is -0.401. The lowest BCUT2D eigenvalue weighted by atomic mass is 9.82. The molecule has 1 aliphatic carbocycles. The van der Waals surface area contributed by atoms with Crippen molar-refractivity contribution in [1.29, 1.82) is 5.26 Å². The molecule has 282 valence electrons. The summed E-state index contributed by atoms with van der Waals surface area (Å²) in [6.45, 7) is 4.67. The smallest absolute Gasteiger partial charge is 0.330 e. The number of benzene rings is 3. The molecule has 0 N–H and O–H groups in total. The molecule has 54 heavy (non-hydrogen) atoms. The fourth-order valence-corrected chi connectivity index (χ4v) is 6.83. The van der Waals surface area contributed by atoms with Crippen molar-refractivity contribution in [1.82, 2.24) is 4.98 Å². The van der Waals surface area contributed by atoms with Gasteiger partial charge in [-0.2, -0.15) is 10.4 Å². The van der Waals surface area contributed by atoms with Crippen LogP contribution in [0, 0.1) is 23.2 Å². The number of fused-ring (bicyclic) bond motifs is 1. The molecule has 1 aromatic heterocycles. The van der Waals surface area contributed by atoms with Gasteiger partial charge >= 0.3 is 17.9 Å². The van der Waals surface area contributed by atoms with Crippen LogP contribution in [-0.4, -0.2) is 56.0 Å². The number of anilines is 1. The molecule has 13 heteroatoms. The van der Waals surface area contributed by atoms with Crippen molar-refractivity contribution in [3.05, 3.63) is 84.9 Å². The third-order valence-corrected chi connectivity index (χ3v) is 9.90. The van der Waals surface area contributed by atoms with Crippen molar-refractivity contribution in [3.63, 3.8) is 0 Å². The van der Waals surface area contributed by atoms with Crippen LogP contribution in [0.4, 0.5) is 5.13 Å². The number of hydrogen-bond acceptors (Lipinski definition) is 13. The summed E-state index contributed by atoms with van der Waals surface area (Å²) in [5.74, 6) is 0.284. The van der Waals surface area contributed by atoms with Crippen molar-refractivity contribution in [2.24, 2.45) is 16.9 Å². The van der Waals surface area contributed by atoms with Crippen molar-refractivity contribution in [2.45, 2.75) is 57.8 Å². The number of thiazole rings is 1. The van der Waals surface area contributed by atoms with Crippen molar-refractivity contribution >= 4 is 50.8 Å². The summed E-state index contributed by atoms with van der Waals surface area (Å²) in [5.41, 5.74) is 1.45. The number of hydrazone groups is 1. The topological polar surface area (TPSA) is 150 Å². The van der Waals surface area contributed by atoms with Gasteiger partial charge in [-0.25, -0.2) is 14.8 Å². The number of nitrogens with zero attached hydrogens (tertiary/aromatic N) is 4. The van der Waals surface area contributed by atoms with E-state index in [4.69, 9.17) is 23.7 Å². The Morgan fingerprint density at radius 2 is 1.56 bits per heavy atom. The highest BCUT2D eigenvalue weighted by atomic mass is 32.1. The molecule has 0 spiro atoms. The second kappa shape index (κ2) is 20.5. The van der Waals surface area contributed by atoms with Crippen LogP contribution < -0.4 is 24.0 Å². The van der Waals surface area contributed by atoms with Gasteiger partial charge in [-0.15, -0.1) is 0 Å². The molecule has 1 saturated carbocycles. The molecule has 0 bridgehead atoms. The Labute approximate surface area is 318 Å². The normalized spacial score (nSPS) is 15.3. The minimum absolute atomic E-state index is 0.257. The lowest BCUT2D eigenvalue weighted by Crippen LogP contribution is -2.30. The van der Waals surface area contributed by atoms with Crippen LogP contribution in [0.15, 0.2) is 84.5 Å². The average molecular weight is 753 g/mol. The highest BCUT2D eigenvalue weighted by molar-refractivity contribution is 7.22. The SMILES string of the molecule is C=CC(=O)OCCCCCCOc1ccc(OC(=O)C2CCC(C(=O)Oc3ccc(OC)c(/C=N/N(CCC#N)c4nc5ccccc5s4)c3)CC2)cc1. The Bertz CT molecular complexity index is 1910. The Kier molecular flexibility index (Phi) is 15.0. The van der Waals surface area contributed by atoms with E-state index in [2.05, 4.69) is 22.7 Å². The number of nitriles is 1. The number of ether oxygens (including phenoxy) is 5. The van der Waals surface area contributed by atoms with E-state index in [0.29, 0.717) is 79.1 Å². The number of carbonyl (C=O) groups excluding carboxylic acids is 3. The molecule has 0 amide bonds. The van der Waals surface area contributed by atoms with E-state index >= 15 is 0 Å². The summed E-state index contributed by atoms with van der Waals surface area (Å²) in [6, 6.07) is 22.0. The number of para-hydroxylation sites is 1. The zero-order chi connectivity index (χ0) is 38.1. The van der Waals surface area contributed by atoms with E-state index in [1.54, 1.807) is 60.8 Å². The van der Waals surface area contributed by atoms with E-state index in [-0.39, 0.29) is 30.2 Å². The summed E-state index contributed by atoms with van der Waals surface area (Å²) in [4.78, 5) is 41.9. The van der Waals surface area contributed by atoms with Crippen LogP contribution in [0.1, 0.15) is 63.4 Å². The Hall–Kier alpha value is -5.74. The maximum absolute atomic E-state index is 13.2. The lowest BCUT2D eigenvalue weighted by Gasteiger charge is -2.25. The summed E-state index contributed by atoms with van der Waals surface area (Å²) < 4.78 is 28.7. The van der Waals surface area contributed by atoms with Crippen molar-refractivity contribution < 1.29 is 38.1 Å². The first-order valence-corrected chi connectivity index (χ1v) is 18.9. The number of esters is 3. The maximum atomic E-state index is 13.2. The summed E-state index contributed by atoms with van der Waals surface area (Å²) in [6.07, 6.45) is 8.62. The quantitative estimate of drug-likeness (QED) is 0.0229. The van der Waals surface area contributed by atoms with Crippen LogP contribution in [0.5, 0.6) is 23.0 Å². The predicted octanol–water partition coefficient (Wildman–Crippen LogP) is 8.04. The molecular weight excluding hydrogens is 709 g/mol. The fraction of sp³-hybridized carbons (Fsp3) is 0.366. The van der Waals surface area contributed by atoms with Gasteiger partial charge < -0.3 is 23.7 Å². The number of aromatic nitrogens is 1. The van der Waals surface area contributed by atoms with Gasteiger partial charge in [-0.3, -0.25) is 9.59 Å². The first kappa shape index (κ1) is 39.5. The zero-order valence-electron chi connectivity index (χ0n) is 30.3. The lowest BCUT2D eigenvalue weighted by molar-refractivity contribution is -0.145. The molecule has 1 heterocycles. The van der Waals surface area contributed by atoms with E-state index in [1.165, 1.54) is 11.3 Å². The molecule has 0 unspecified atom stereocenters. The first-order valence-electron chi connectivity index (χ1n) is 18.0. The summed E-state index contributed by atoms with van der Waals surface area (Å²) in [5, 5.41) is 16.2. The maximum Gasteiger partial charge on any atom is 0.330 e. The number of carbonyl (C=O) groups is 3. The minimum Gasteiger partial charge on any atom is -0.496 e. The van der Waals surface area contributed by atoms with Gasteiger partial charge in [0.2, 0.25) is 5.13 Å². The van der Waals surface area contributed by atoms with Crippen LogP contribution in [-0.2, 0) is 19.1 Å². The van der Waals surface area contributed by atoms with E-state index in [1.807, 2.05) is 24.3 Å². The van der Waals surface area contributed by atoms with Crippen molar-refractivity contribution in [2.75, 3.05) is 31.9 Å². The summed E-state index contributed by atoms with van der Waals surface area (Å²) >= 11 is 1.48. The molecule has 4 aromatic rings. The van der Waals surface area contributed by atoms with Gasteiger partial charge in [0.1, 0.15) is 23.0 Å². The van der Waals surface area contributed by atoms with Crippen LogP contribution in [0.3, 0.4) is 0 Å². The molecule has 5 rings (SSSR count). The zero-order valence-corrected chi connectivity index (χ0v) is 31.1. The van der Waals surface area contributed by atoms with Gasteiger partial charge in [-0.05, 0) is 106 Å². The number of unbranched alkanes of at least 4 members (excludes halogenated alkanes) is 3. The molecule has 3 aromatic carbocycles. The molecule has 0 aliphatic heterocycles. The fourth-order valence-electron chi connectivity index (χ4n) is 5.88. The predicted molar refractivity (Wildman–Crippen MR) is 206 cm³/mol. The van der Waals surface area contributed by atoms with Gasteiger partial charge in [0.25, 0.3) is 0 Å². The number of hydrogen-bond donors (Lipinski definition) is 0. The van der Waals surface area contributed by atoms with E-state index in [0.717, 1.165) is 42.0 Å². The summed E-state index contributed by atoms with van der Waals surface area (Å²) in [7, 11) is 1.55. The molecule has 0 radical (unpaired) electrons. The number of rotatable bonds is 19. The molecule has 0 atom stereocenters. The van der Waals surface area contributed by atoms with Gasteiger partial charge in [0.05, 0.1) is 67.6 Å². The highest BCUT2D eigenvalue weighted by Crippen LogP contribution is 2.33. The first-order chi connectivity index (χ1) is 26.4. The third kappa shape index (κ3) is 11.6. The number of methoxy groups -OCH3 is 1. The van der Waals surface area contributed by atoms with Crippen molar-refractivity contribution in [3.8, 4) is 29.1 Å². The van der Waals surface area contributed by atoms with E-state index < -0.39 is 5.97 Å². The van der Waals surface area contributed by atoms with Crippen LogP contribution >= 0.6 is 11.3 Å². The molecular formula is C41H44N4O8S. The van der Waals surface area contributed by atoms with Gasteiger partial charge in [0.15, 0.2) is 0 Å². The average Bonchev–Trinajstić information content (AvgIpc) is 3.64. The molecule has 0 saturated heterocycles. The van der Waals surface area contributed by atoms with Gasteiger partial charge in [0, 0.05) is 11.6 Å². The second-order valence-corrected chi connectivity index (χ2v) is 13.6. The van der Waals surface area contributed by atoms with Gasteiger partial charge in [-0.1, -0.05) is 30.0 Å². The van der Waals surface area contributed by atoms with E-state index in [9.17, 15) is 19.6 Å². The Balaban J connectivity index is 1.06. The third-order valence-electron chi connectivity index (χ3n) is 8.85. The largest absolute Gasteiger partial charge is 0.496 e. The Morgan fingerprint density at radius 1 is 0.907 bits per heavy atom. The van der Waals surface area contributed by atoms with Crippen LogP contribution in [0.2, 0.25) is 0 Å². The monoisotopic (exact) mass is 752 g/mol.